The molecule has 2 nitrogen and oxygen atoms in total. The van der Waals surface area contributed by atoms with Gasteiger partial charge in [0.05, 0.1) is 6.61 Å². The van der Waals surface area contributed by atoms with Crippen molar-refractivity contribution in [2.24, 2.45) is 0 Å². The lowest BCUT2D eigenvalue weighted by atomic mass is 10.0. The molecule has 2 heteroatoms. The zero-order chi connectivity index (χ0) is 20.3. The van der Waals surface area contributed by atoms with Gasteiger partial charge in [0, 0.05) is 5.56 Å². The number of ketones is 1. The van der Waals surface area contributed by atoms with Crippen molar-refractivity contribution in [3.05, 3.63) is 29.8 Å². The Bertz CT molecular complexity index is 478. The van der Waals surface area contributed by atoms with Gasteiger partial charge in [-0.3, -0.25) is 4.79 Å². The molecule has 0 radical (unpaired) electrons. The summed E-state index contributed by atoms with van der Waals surface area (Å²) in [5.41, 5.74) is 0.745. The first-order valence-electron chi connectivity index (χ1n) is 12.0. The first-order valence-corrected chi connectivity index (χ1v) is 12.0. The highest BCUT2D eigenvalue weighted by atomic mass is 16.5. The highest BCUT2D eigenvalue weighted by molar-refractivity contribution is 5.94. The van der Waals surface area contributed by atoms with E-state index in [0.717, 1.165) is 24.3 Å². The van der Waals surface area contributed by atoms with Gasteiger partial charge in [0.25, 0.3) is 0 Å². The fourth-order valence-electron chi connectivity index (χ4n) is 3.63. The van der Waals surface area contributed by atoms with Gasteiger partial charge in [0.1, 0.15) is 5.75 Å². The molecular formula is C26H44O2. The smallest absolute Gasteiger partial charge is 0.159 e. The van der Waals surface area contributed by atoms with E-state index in [1.807, 2.05) is 24.3 Å². The molecule has 0 unspecified atom stereocenters. The molecule has 1 rings (SSSR count). The molecule has 0 aliphatic heterocycles. The zero-order valence-corrected chi connectivity index (χ0v) is 18.6. The summed E-state index contributed by atoms with van der Waals surface area (Å²) < 4.78 is 5.75. The van der Waals surface area contributed by atoms with Gasteiger partial charge in [-0.05, 0) is 37.6 Å². The maximum absolute atomic E-state index is 11.2. The van der Waals surface area contributed by atoms with Crippen LogP contribution in [0.5, 0.6) is 5.75 Å². The third-order valence-electron chi connectivity index (χ3n) is 5.53. The van der Waals surface area contributed by atoms with E-state index in [4.69, 9.17) is 4.74 Å². The first-order chi connectivity index (χ1) is 13.7. The van der Waals surface area contributed by atoms with Crippen molar-refractivity contribution in [3.63, 3.8) is 0 Å². The molecule has 1 aromatic rings. The molecule has 160 valence electrons. The second-order valence-corrected chi connectivity index (χ2v) is 8.23. The lowest BCUT2D eigenvalue weighted by molar-refractivity contribution is 0.101. The molecule has 0 amide bonds. The van der Waals surface area contributed by atoms with Crippen molar-refractivity contribution >= 4 is 5.78 Å². The molecule has 0 bridgehead atoms. The Morgan fingerprint density at radius 3 is 1.43 bits per heavy atom. The van der Waals surface area contributed by atoms with Gasteiger partial charge in [-0.15, -0.1) is 0 Å². The number of Topliss-reactive ketones (excluding diaryl/α,β-unsaturated/α-hetero) is 1. The Labute approximate surface area is 174 Å². The monoisotopic (exact) mass is 388 g/mol. The van der Waals surface area contributed by atoms with Crippen LogP contribution in [0.3, 0.4) is 0 Å². The molecule has 1 aromatic carbocycles. The molecule has 0 atom stereocenters. The molecule has 0 aliphatic carbocycles. The third-order valence-corrected chi connectivity index (χ3v) is 5.53. The minimum Gasteiger partial charge on any atom is -0.494 e. The minimum absolute atomic E-state index is 0.101. The van der Waals surface area contributed by atoms with E-state index >= 15 is 0 Å². The van der Waals surface area contributed by atoms with Gasteiger partial charge in [-0.1, -0.05) is 103 Å². The van der Waals surface area contributed by atoms with Crippen molar-refractivity contribution in [1.82, 2.24) is 0 Å². The van der Waals surface area contributed by atoms with E-state index in [9.17, 15) is 4.79 Å². The average Bonchev–Trinajstić information content (AvgIpc) is 2.70. The van der Waals surface area contributed by atoms with Crippen molar-refractivity contribution in [1.29, 1.82) is 0 Å². The average molecular weight is 389 g/mol. The van der Waals surface area contributed by atoms with E-state index in [1.165, 1.54) is 96.3 Å². The Morgan fingerprint density at radius 1 is 0.643 bits per heavy atom. The first kappa shape index (κ1) is 24.7. The van der Waals surface area contributed by atoms with Crippen LogP contribution in [0.15, 0.2) is 24.3 Å². The van der Waals surface area contributed by atoms with Crippen LogP contribution >= 0.6 is 0 Å². The Balaban J connectivity index is 1.79. The predicted molar refractivity (Wildman–Crippen MR) is 121 cm³/mol. The second kappa shape index (κ2) is 17.8. The predicted octanol–water partition coefficient (Wildman–Crippen LogP) is 8.53. The van der Waals surface area contributed by atoms with Crippen LogP contribution in [-0.4, -0.2) is 12.4 Å². The topological polar surface area (TPSA) is 26.3 Å². The van der Waals surface area contributed by atoms with Crippen LogP contribution in [0.1, 0.15) is 127 Å². The highest BCUT2D eigenvalue weighted by Gasteiger charge is 1.99. The van der Waals surface area contributed by atoms with Crippen LogP contribution in [0.2, 0.25) is 0 Å². The van der Waals surface area contributed by atoms with Gasteiger partial charge in [-0.25, -0.2) is 0 Å². The Morgan fingerprint density at radius 2 is 1.04 bits per heavy atom. The molecule has 0 saturated carbocycles. The maximum atomic E-state index is 11.2. The fraction of sp³-hybridized carbons (Fsp3) is 0.731. The summed E-state index contributed by atoms with van der Waals surface area (Å²) in [6.07, 6.45) is 22.2. The number of rotatable bonds is 19. The van der Waals surface area contributed by atoms with E-state index in [0.29, 0.717) is 0 Å². The molecule has 28 heavy (non-hydrogen) atoms. The van der Waals surface area contributed by atoms with Gasteiger partial charge in [0.2, 0.25) is 0 Å². The number of hydrogen-bond acceptors (Lipinski definition) is 2. The van der Waals surface area contributed by atoms with E-state index in [-0.39, 0.29) is 5.78 Å². The quantitative estimate of drug-likeness (QED) is 0.175. The van der Waals surface area contributed by atoms with Crippen LogP contribution in [0, 0.1) is 0 Å². The van der Waals surface area contributed by atoms with Crippen molar-refractivity contribution in [2.45, 2.75) is 117 Å². The highest BCUT2D eigenvalue weighted by Crippen LogP contribution is 2.15. The number of carbonyl (C=O) groups is 1. The Hall–Kier alpha value is -1.31. The minimum atomic E-state index is 0.101. The van der Waals surface area contributed by atoms with Gasteiger partial charge in [-0.2, -0.15) is 0 Å². The summed E-state index contributed by atoms with van der Waals surface area (Å²) in [6.45, 7) is 4.65. The zero-order valence-electron chi connectivity index (χ0n) is 18.6. The molecule has 0 spiro atoms. The van der Waals surface area contributed by atoms with E-state index < -0.39 is 0 Å². The van der Waals surface area contributed by atoms with E-state index in [1.54, 1.807) is 6.92 Å². The largest absolute Gasteiger partial charge is 0.494 e. The normalized spacial score (nSPS) is 10.9. The Kier molecular flexibility index (Phi) is 15.7. The number of benzene rings is 1. The van der Waals surface area contributed by atoms with Gasteiger partial charge < -0.3 is 4.74 Å². The fourth-order valence-corrected chi connectivity index (χ4v) is 3.63. The molecule has 0 aliphatic rings. The second-order valence-electron chi connectivity index (χ2n) is 8.23. The summed E-state index contributed by atoms with van der Waals surface area (Å²) in [5, 5.41) is 0. The van der Waals surface area contributed by atoms with E-state index in [2.05, 4.69) is 6.92 Å². The maximum Gasteiger partial charge on any atom is 0.159 e. The summed E-state index contributed by atoms with van der Waals surface area (Å²) in [4.78, 5) is 11.2. The summed E-state index contributed by atoms with van der Waals surface area (Å²) >= 11 is 0. The van der Waals surface area contributed by atoms with Gasteiger partial charge >= 0.3 is 0 Å². The molecule has 0 N–H and O–H groups in total. The lowest BCUT2D eigenvalue weighted by Gasteiger charge is -2.07. The van der Waals surface area contributed by atoms with Crippen LogP contribution in [0.4, 0.5) is 0 Å². The van der Waals surface area contributed by atoms with Crippen molar-refractivity contribution in [2.75, 3.05) is 6.61 Å². The van der Waals surface area contributed by atoms with Gasteiger partial charge in [0.15, 0.2) is 5.78 Å². The summed E-state index contributed by atoms with van der Waals surface area (Å²) in [5.74, 6) is 0.968. The summed E-state index contributed by atoms with van der Waals surface area (Å²) in [7, 11) is 0. The van der Waals surface area contributed by atoms with Crippen LogP contribution < -0.4 is 4.74 Å². The molecule has 0 saturated heterocycles. The van der Waals surface area contributed by atoms with Crippen LogP contribution in [-0.2, 0) is 0 Å². The third kappa shape index (κ3) is 13.8. The number of unbranched alkanes of at least 4 members (excludes halogenated alkanes) is 15. The lowest BCUT2D eigenvalue weighted by Crippen LogP contribution is -1.98. The number of hydrogen-bond donors (Lipinski definition) is 0. The molecular weight excluding hydrogens is 344 g/mol. The standard InChI is InChI=1S/C26H44O2/c1-3-4-5-6-7-8-9-10-11-12-13-14-15-16-17-18-23-28-26-21-19-25(20-22-26)24(2)27/h19-22H,3-18,23H2,1-2H3. The molecule has 0 fully saturated rings. The molecule has 0 heterocycles. The molecule has 0 aromatic heterocycles. The number of ether oxygens (including phenoxy) is 1. The van der Waals surface area contributed by atoms with Crippen molar-refractivity contribution < 1.29 is 9.53 Å². The SMILES string of the molecule is CCCCCCCCCCCCCCCCCCOc1ccc(C(C)=O)cc1. The summed E-state index contributed by atoms with van der Waals surface area (Å²) in [6, 6.07) is 7.46. The number of carbonyl (C=O) groups excluding carboxylic acids is 1. The van der Waals surface area contributed by atoms with Crippen LogP contribution in [0.25, 0.3) is 0 Å². The van der Waals surface area contributed by atoms with Crippen molar-refractivity contribution in [3.8, 4) is 5.75 Å².